The molecule has 0 aromatic rings. The van der Waals surface area contributed by atoms with Gasteiger partial charge in [0.2, 0.25) is 0 Å². The Hall–Kier alpha value is -0.680. The average molecular weight is 204 g/mol. The fraction of sp³-hybridized carbons (Fsp3) is 0.625. The maximum atomic E-state index is 10.9. The van der Waals surface area contributed by atoms with Crippen molar-refractivity contribution in [2.45, 2.75) is 25.9 Å². The summed E-state index contributed by atoms with van der Waals surface area (Å²) in [6, 6.07) is 0. The summed E-state index contributed by atoms with van der Waals surface area (Å²) in [5.41, 5.74) is 0.682. The average Bonchev–Trinajstić information content (AvgIpc) is 1.93. The van der Waals surface area contributed by atoms with Crippen LogP contribution in [0.3, 0.4) is 0 Å². The molecule has 13 heavy (non-hydrogen) atoms. The van der Waals surface area contributed by atoms with E-state index < -0.39 is 16.2 Å². The molecule has 0 spiro atoms. The van der Waals surface area contributed by atoms with Crippen molar-refractivity contribution >= 4 is 15.9 Å². The highest BCUT2D eigenvalue weighted by Gasteiger charge is 2.22. The van der Waals surface area contributed by atoms with E-state index in [1.807, 2.05) is 0 Å². The fourth-order valence-electron chi connectivity index (χ4n) is 1.26. The van der Waals surface area contributed by atoms with Crippen molar-refractivity contribution in [2.75, 3.05) is 6.26 Å². The first-order chi connectivity index (χ1) is 5.88. The van der Waals surface area contributed by atoms with Gasteiger partial charge in [-0.3, -0.25) is 8.98 Å². The van der Waals surface area contributed by atoms with Crippen LogP contribution in [0, 0.1) is 0 Å². The maximum absolute atomic E-state index is 10.9. The molecule has 5 heteroatoms. The minimum absolute atomic E-state index is 0.0332. The van der Waals surface area contributed by atoms with Crippen molar-refractivity contribution in [1.29, 1.82) is 0 Å². The van der Waals surface area contributed by atoms with E-state index in [4.69, 9.17) is 4.18 Å². The predicted octanol–water partition coefficient (Wildman–Crippen LogP) is 0.640. The Morgan fingerprint density at radius 1 is 1.54 bits per heavy atom. The van der Waals surface area contributed by atoms with E-state index in [-0.39, 0.29) is 5.78 Å². The Morgan fingerprint density at radius 3 is 2.62 bits per heavy atom. The van der Waals surface area contributed by atoms with Crippen LogP contribution in [0.1, 0.15) is 19.8 Å². The van der Waals surface area contributed by atoms with Crippen molar-refractivity contribution in [3.05, 3.63) is 11.6 Å². The first kappa shape index (κ1) is 10.4. The van der Waals surface area contributed by atoms with Gasteiger partial charge >= 0.3 is 0 Å². The number of rotatable bonds is 2. The van der Waals surface area contributed by atoms with Gasteiger partial charge in [-0.1, -0.05) is 0 Å². The highest BCUT2D eigenvalue weighted by molar-refractivity contribution is 7.86. The van der Waals surface area contributed by atoms with Crippen LogP contribution in [-0.2, 0) is 19.1 Å². The summed E-state index contributed by atoms with van der Waals surface area (Å²) in [5.74, 6) is 0.0332. The summed E-state index contributed by atoms with van der Waals surface area (Å²) < 4.78 is 26.4. The van der Waals surface area contributed by atoms with E-state index in [2.05, 4.69) is 0 Å². The molecular weight excluding hydrogens is 192 g/mol. The molecule has 74 valence electrons. The van der Waals surface area contributed by atoms with Crippen LogP contribution in [0.25, 0.3) is 0 Å². The highest BCUT2D eigenvalue weighted by Crippen LogP contribution is 2.20. The van der Waals surface area contributed by atoms with Gasteiger partial charge in [0.15, 0.2) is 5.78 Å². The number of carbonyl (C=O) groups excluding carboxylic acids is 1. The lowest BCUT2D eigenvalue weighted by Crippen LogP contribution is -2.23. The van der Waals surface area contributed by atoms with Gasteiger partial charge in [0.25, 0.3) is 10.1 Å². The van der Waals surface area contributed by atoms with Gasteiger partial charge in [0.1, 0.15) is 0 Å². The second-order valence-electron chi connectivity index (χ2n) is 3.18. The van der Waals surface area contributed by atoms with Crippen LogP contribution in [0.2, 0.25) is 0 Å². The highest BCUT2D eigenvalue weighted by atomic mass is 32.2. The van der Waals surface area contributed by atoms with E-state index in [9.17, 15) is 13.2 Å². The zero-order valence-electron chi connectivity index (χ0n) is 7.61. The molecule has 1 aliphatic rings. The summed E-state index contributed by atoms with van der Waals surface area (Å²) in [4.78, 5) is 10.9. The third-order valence-electron chi connectivity index (χ3n) is 1.84. The Labute approximate surface area is 77.7 Å². The van der Waals surface area contributed by atoms with Gasteiger partial charge in [-0.15, -0.1) is 0 Å². The molecule has 0 aromatic heterocycles. The lowest BCUT2D eigenvalue weighted by molar-refractivity contribution is -0.115. The number of carbonyl (C=O) groups is 1. The van der Waals surface area contributed by atoms with Crippen molar-refractivity contribution < 1.29 is 17.4 Å². The molecule has 0 radical (unpaired) electrons. The lowest BCUT2D eigenvalue weighted by Gasteiger charge is -2.19. The van der Waals surface area contributed by atoms with Gasteiger partial charge < -0.3 is 0 Å². The quantitative estimate of drug-likeness (QED) is 0.619. The molecule has 0 saturated carbocycles. The summed E-state index contributed by atoms with van der Waals surface area (Å²) in [5, 5.41) is 0. The molecule has 0 saturated heterocycles. The minimum Gasteiger partial charge on any atom is -0.295 e. The van der Waals surface area contributed by atoms with E-state index in [0.29, 0.717) is 18.4 Å². The monoisotopic (exact) mass is 204 g/mol. The predicted molar refractivity (Wildman–Crippen MR) is 47.7 cm³/mol. The van der Waals surface area contributed by atoms with Crippen molar-refractivity contribution in [2.24, 2.45) is 0 Å². The number of allylic oxidation sites excluding steroid dienone is 1. The molecule has 4 nitrogen and oxygen atoms in total. The van der Waals surface area contributed by atoms with Crippen molar-refractivity contribution in [3.8, 4) is 0 Å². The van der Waals surface area contributed by atoms with Gasteiger partial charge in [0.05, 0.1) is 12.4 Å². The zero-order valence-corrected chi connectivity index (χ0v) is 8.43. The van der Waals surface area contributed by atoms with Crippen LogP contribution in [0.4, 0.5) is 0 Å². The fourth-order valence-corrected chi connectivity index (χ4v) is 1.93. The molecule has 0 unspecified atom stereocenters. The maximum Gasteiger partial charge on any atom is 0.264 e. The molecule has 1 atom stereocenters. The minimum atomic E-state index is -3.43. The Morgan fingerprint density at radius 2 is 2.15 bits per heavy atom. The third kappa shape index (κ3) is 3.28. The topological polar surface area (TPSA) is 60.4 Å². The summed E-state index contributed by atoms with van der Waals surface area (Å²) in [6.07, 6.45) is 2.81. The second-order valence-corrected chi connectivity index (χ2v) is 4.78. The van der Waals surface area contributed by atoms with E-state index in [1.54, 1.807) is 6.92 Å². The molecule has 0 N–H and O–H groups in total. The van der Waals surface area contributed by atoms with Crippen LogP contribution in [0.15, 0.2) is 11.6 Å². The summed E-state index contributed by atoms with van der Waals surface area (Å²) in [6.45, 7) is 1.70. The van der Waals surface area contributed by atoms with Gasteiger partial charge in [-0.2, -0.15) is 8.42 Å². The molecule has 1 rings (SSSR count). The summed E-state index contributed by atoms with van der Waals surface area (Å²) >= 11 is 0. The third-order valence-corrected chi connectivity index (χ3v) is 2.42. The molecule has 0 aliphatic heterocycles. The number of hydrogen-bond donors (Lipinski definition) is 0. The lowest BCUT2D eigenvalue weighted by atomic mass is 9.97. The number of ketones is 1. The van der Waals surface area contributed by atoms with Crippen molar-refractivity contribution in [1.82, 2.24) is 0 Å². The molecule has 0 aromatic carbocycles. The van der Waals surface area contributed by atoms with E-state index >= 15 is 0 Å². The second kappa shape index (κ2) is 3.59. The van der Waals surface area contributed by atoms with Crippen LogP contribution < -0.4 is 0 Å². The molecule has 0 fully saturated rings. The smallest absolute Gasteiger partial charge is 0.264 e. The summed E-state index contributed by atoms with van der Waals surface area (Å²) in [7, 11) is -3.43. The first-order valence-electron chi connectivity index (χ1n) is 3.98. The van der Waals surface area contributed by atoms with Crippen LogP contribution in [0.5, 0.6) is 0 Å². The molecule has 0 heterocycles. The normalized spacial score (nSPS) is 24.3. The molecule has 1 aliphatic carbocycles. The standard InChI is InChI=1S/C8H12O4S/c1-6-5-7(9)3-4-8(6)12-13(2,10)11/h5,8H,3-4H2,1-2H3/t8-/m1/s1. The SMILES string of the molecule is CC1=CC(=O)CC[C@H]1OS(C)(=O)=O. The van der Waals surface area contributed by atoms with Gasteiger partial charge in [0, 0.05) is 6.42 Å². The van der Waals surface area contributed by atoms with Crippen LogP contribution >= 0.6 is 0 Å². The Kier molecular flexibility index (Phi) is 2.87. The van der Waals surface area contributed by atoms with E-state index in [0.717, 1.165) is 6.26 Å². The Balaban J connectivity index is 2.74. The molecule has 0 amide bonds. The zero-order chi connectivity index (χ0) is 10.1. The van der Waals surface area contributed by atoms with Gasteiger partial charge in [-0.05, 0) is 25.0 Å². The van der Waals surface area contributed by atoms with Crippen LogP contribution in [-0.4, -0.2) is 26.6 Å². The molecule has 0 bridgehead atoms. The molecular formula is C8H12O4S. The largest absolute Gasteiger partial charge is 0.295 e. The first-order valence-corrected chi connectivity index (χ1v) is 5.79. The Bertz CT molecular complexity index is 339. The van der Waals surface area contributed by atoms with Crippen molar-refractivity contribution in [3.63, 3.8) is 0 Å². The van der Waals surface area contributed by atoms with E-state index in [1.165, 1.54) is 6.08 Å². The number of hydrogen-bond acceptors (Lipinski definition) is 4. The van der Waals surface area contributed by atoms with Gasteiger partial charge in [-0.25, -0.2) is 0 Å².